The molecule has 0 fully saturated rings. The molecule has 3 heterocycles. The molecule has 0 aliphatic heterocycles. The van der Waals surface area contributed by atoms with Crippen LogP contribution in [0.1, 0.15) is 0 Å². The van der Waals surface area contributed by atoms with E-state index in [9.17, 15) is 0 Å². The van der Waals surface area contributed by atoms with E-state index in [0.29, 0.717) is 17.6 Å². The van der Waals surface area contributed by atoms with E-state index in [1.165, 1.54) is 25.7 Å². The molecule has 0 atom stereocenters. The van der Waals surface area contributed by atoms with Gasteiger partial charge >= 0.3 is 0 Å². The summed E-state index contributed by atoms with van der Waals surface area (Å²) in [6.45, 7) is 0. The van der Waals surface area contributed by atoms with Crippen LogP contribution in [0.5, 0.6) is 0 Å². The fourth-order valence-corrected chi connectivity index (χ4v) is 7.32. The van der Waals surface area contributed by atoms with Crippen LogP contribution >= 0.6 is 11.3 Å². The van der Waals surface area contributed by atoms with E-state index in [0.717, 1.165) is 38.5 Å². The molecule has 44 heavy (non-hydrogen) atoms. The van der Waals surface area contributed by atoms with Crippen LogP contribution in [0.4, 0.5) is 0 Å². The number of aromatic nitrogens is 4. The van der Waals surface area contributed by atoms with Crippen molar-refractivity contribution in [1.29, 1.82) is 0 Å². The van der Waals surface area contributed by atoms with Gasteiger partial charge in [0.1, 0.15) is 0 Å². The number of para-hydroxylation sites is 1. The van der Waals surface area contributed by atoms with Gasteiger partial charge in [-0.25, -0.2) is 4.98 Å². The minimum Gasteiger partial charge on any atom is -0.278 e. The average molecular weight is 581 g/mol. The lowest BCUT2D eigenvalue weighted by Crippen LogP contribution is -2.06. The van der Waals surface area contributed by atoms with Crippen molar-refractivity contribution in [3.63, 3.8) is 0 Å². The highest BCUT2D eigenvalue weighted by Gasteiger charge is 2.19. The fraction of sp³-hybridized carbons (Fsp3) is 0. The molecule has 6 aromatic carbocycles. The van der Waals surface area contributed by atoms with Crippen molar-refractivity contribution >= 4 is 53.3 Å². The zero-order chi connectivity index (χ0) is 29.0. The first kappa shape index (κ1) is 24.9. The zero-order valence-corrected chi connectivity index (χ0v) is 24.4. The Balaban J connectivity index is 1.32. The van der Waals surface area contributed by atoms with Crippen molar-refractivity contribution in [2.75, 3.05) is 0 Å². The summed E-state index contributed by atoms with van der Waals surface area (Å²) in [6.07, 6.45) is 0. The first-order chi connectivity index (χ1) is 21.8. The molecule has 0 bridgehead atoms. The molecule has 9 rings (SSSR count). The van der Waals surface area contributed by atoms with Gasteiger partial charge in [-0.1, -0.05) is 121 Å². The van der Waals surface area contributed by atoms with Gasteiger partial charge in [0.2, 0.25) is 5.95 Å². The van der Waals surface area contributed by atoms with Crippen molar-refractivity contribution in [2.45, 2.75) is 0 Å². The highest BCUT2D eigenvalue weighted by molar-refractivity contribution is 7.25. The Morgan fingerprint density at radius 1 is 0.386 bits per heavy atom. The van der Waals surface area contributed by atoms with Crippen LogP contribution < -0.4 is 0 Å². The maximum absolute atomic E-state index is 5.18. The monoisotopic (exact) mass is 580 g/mol. The molecule has 0 saturated carbocycles. The Kier molecular flexibility index (Phi) is 5.64. The Morgan fingerprint density at radius 3 is 1.80 bits per heavy atom. The van der Waals surface area contributed by atoms with Gasteiger partial charge in [0.25, 0.3) is 0 Å². The van der Waals surface area contributed by atoms with Crippen molar-refractivity contribution in [3.05, 3.63) is 146 Å². The summed E-state index contributed by atoms with van der Waals surface area (Å²) in [5.74, 6) is 1.90. The molecule has 0 saturated heterocycles. The lowest BCUT2D eigenvalue weighted by molar-refractivity contribution is 0.954. The SMILES string of the molecule is c1ccc(-c2ccc3c4ccccc4n(-c4nc(-c5ccccc5)nc(-c5ccc6c(c5)sc5ccccc56)n4)c3c2)cc1. The van der Waals surface area contributed by atoms with E-state index >= 15 is 0 Å². The van der Waals surface area contributed by atoms with Gasteiger partial charge in [0, 0.05) is 42.1 Å². The van der Waals surface area contributed by atoms with Crippen molar-refractivity contribution < 1.29 is 0 Å². The first-order valence-corrected chi connectivity index (χ1v) is 15.4. The van der Waals surface area contributed by atoms with Crippen molar-refractivity contribution in [2.24, 2.45) is 0 Å². The Labute approximate surface area is 257 Å². The van der Waals surface area contributed by atoms with Crippen LogP contribution in [0.3, 0.4) is 0 Å². The second kappa shape index (κ2) is 9.97. The molecule has 0 unspecified atom stereocenters. The van der Waals surface area contributed by atoms with Gasteiger partial charge in [0.15, 0.2) is 11.6 Å². The first-order valence-electron chi connectivity index (χ1n) is 14.6. The molecule has 0 aliphatic carbocycles. The molecule has 0 N–H and O–H groups in total. The van der Waals surface area contributed by atoms with Crippen LogP contribution in [0, 0.1) is 0 Å². The van der Waals surface area contributed by atoms with Crippen LogP contribution in [0.25, 0.3) is 81.8 Å². The summed E-state index contributed by atoms with van der Waals surface area (Å²) < 4.78 is 4.68. The summed E-state index contributed by atoms with van der Waals surface area (Å²) in [4.78, 5) is 15.3. The normalized spacial score (nSPS) is 11.6. The quantitative estimate of drug-likeness (QED) is 0.208. The van der Waals surface area contributed by atoms with Crippen molar-refractivity contribution in [1.82, 2.24) is 19.5 Å². The third kappa shape index (κ3) is 4.02. The largest absolute Gasteiger partial charge is 0.278 e. The van der Waals surface area contributed by atoms with E-state index in [4.69, 9.17) is 15.0 Å². The van der Waals surface area contributed by atoms with E-state index in [1.807, 2.05) is 24.3 Å². The summed E-state index contributed by atoms with van der Waals surface area (Å²) in [5, 5.41) is 4.86. The maximum atomic E-state index is 5.18. The molecule has 0 aliphatic rings. The van der Waals surface area contributed by atoms with E-state index in [1.54, 1.807) is 11.3 Å². The Morgan fingerprint density at radius 2 is 0.977 bits per heavy atom. The number of benzene rings is 6. The number of fused-ring (bicyclic) bond motifs is 6. The standard InChI is InChI=1S/C39H24N4S/c1-3-11-25(12-4-1)27-19-21-30-29-15-7-9-17-33(29)43(34(30)23-27)39-41-37(26-13-5-2-6-14-26)40-38(42-39)28-20-22-32-31-16-8-10-18-35(31)44-36(32)24-28/h1-24H. The molecular formula is C39H24N4S. The summed E-state index contributed by atoms with van der Waals surface area (Å²) in [7, 11) is 0. The lowest BCUT2D eigenvalue weighted by Gasteiger charge is -2.11. The molecule has 4 nitrogen and oxygen atoms in total. The van der Waals surface area contributed by atoms with Crippen LogP contribution in [0.2, 0.25) is 0 Å². The molecule has 9 aromatic rings. The van der Waals surface area contributed by atoms with Gasteiger partial charge in [-0.05, 0) is 35.4 Å². The fourth-order valence-electron chi connectivity index (χ4n) is 6.17. The highest BCUT2D eigenvalue weighted by Crippen LogP contribution is 2.37. The smallest absolute Gasteiger partial charge is 0.238 e. The summed E-state index contributed by atoms with van der Waals surface area (Å²) in [5.41, 5.74) is 6.35. The Bertz CT molecular complexity index is 2490. The van der Waals surface area contributed by atoms with Gasteiger partial charge in [-0.3, -0.25) is 4.57 Å². The molecule has 3 aromatic heterocycles. The average Bonchev–Trinajstić information content (AvgIpc) is 3.64. The third-order valence-corrected chi connectivity index (χ3v) is 9.41. The van der Waals surface area contributed by atoms with Crippen LogP contribution in [-0.4, -0.2) is 19.5 Å². The topological polar surface area (TPSA) is 43.6 Å². The molecule has 0 amide bonds. The lowest BCUT2D eigenvalue weighted by atomic mass is 10.0. The summed E-state index contributed by atoms with van der Waals surface area (Å²) >= 11 is 1.80. The number of hydrogen-bond acceptors (Lipinski definition) is 4. The molecule has 0 spiro atoms. The zero-order valence-electron chi connectivity index (χ0n) is 23.6. The van der Waals surface area contributed by atoms with Gasteiger partial charge < -0.3 is 0 Å². The molecule has 0 radical (unpaired) electrons. The van der Waals surface area contributed by atoms with Gasteiger partial charge in [-0.2, -0.15) is 9.97 Å². The highest BCUT2D eigenvalue weighted by atomic mass is 32.1. The second-order valence-electron chi connectivity index (χ2n) is 10.9. The number of hydrogen-bond donors (Lipinski definition) is 0. The van der Waals surface area contributed by atoms with Gasteiger partial charge in [-0.15, -0.1) is 11.3 Å². The summed E-state index contributed by atoms with van der Waals surface area (Å²) in [6, 6.07) is 50.9. The number of rotatable bonds is 4. The number of nitrogens with zero attached hydrogens (tertiary/aromatic N) is 4. The maximum Gasteiger partial charge on any atom is 0.238 e. The molecular weight excluding hydrogens is 557 g/mol. The predicted molar refractivity (Wildman–Crippen MR) is 183 cm³/mol. The predicted octanol–water partition coefficient (Wildman–Crippen LogP) is 10.3. The van der Waals surface area contributed by atoms with E-state index in [2.05, 4.69) is 126 Å². The second-order valence-corrected chi connectivity index (χ2v) is 12.0. The molecule has 206 valence electrons. The van der Waals surface area contributed by atoms with Crippen LogP contribution in [0.15, 0.2) is 146 Å². The molecule has 5 heteroatoms. The van der Waals surface area contributed by atoms with Crippen molar-refractivity contribution in [3.8, 4) is 39.9 Å². The number of thiophene rings is 1. The van der Waals surface area contributed by atoms with E-state index in [-0.39, 0.29) is 0 Å². The van der Waals surface area contributed by atoms with Crippen LogP contribution in [-0.2, 0) is 0 Å². The third-order valence-electron chi connectivity index (χ3n) is 8.27. The Hall–Kier alpha value is -5.65. The minimum atomic E-state index is 0.599. The minimum absolute atomic E-state index is 0.599. The van der Waals surface area contributed by atoms with E-state index < -0.39 is 0 Å². The van der Waals surface area contributed by atoms with Gasteiger partial charge in [0.05, 0.1) is 11.0 Å².